The van der Waals surface area contributed by atoms with E-state index in [9.17, 15) is 5.21 Å². The summed E-state index contributed by atoms with van der Waals surface area (Å²) < 4.78 is 1.09. The third kappa shape index (κ3) is 2.25. The molecule has 1 aromatic carbocycles. The van der Waals surface area contributed by atoms with Gasteiger partial charge in [0.15, 0.2) is 0 Å². The molecule has 1 heterocycles. The standard InChI is InChI=1S/C12H10NOS/c14-13-8-4-7-11(12(13)15)9-10-5-2-1-3-6-10/h1-8H,9H2/q-1. The van der Waals surface area contributed by atoms with Crippen molar-refractivity contribution in [2.45, 2.75) is 6.42 Å². The number of pyridine rings is 1. The minimum absolute atomic E-state index is 0.362. The molecule has 0 radical (unpaired) electrons. The maximum absolute atomic E-state index is 11.2. The van der Waals surface area contributed by atoms with Crippen LogP contribution in [0.5, 0.6) is 0 Å². The minimum Gasteiger partial charge on any atom is -0.805 e. The van der Waals surface area contributed by atoms with Crippen LogP contribution >= 0.6 is 12.2 Å². The molecule has 0 saturated heterocycles. The molecule has 0 amide bonds. The summed E-state index contributed by atoms with van der Waals surface area (Å²) in [5, 5.41) is 11.2. The third-order valence-corrected chi connectivity index (χ3v) is 2.67. The molecule has 0 fully saturated rings. The normalized spacial score (nSPS) is 10.1. The van der Waals surface area contributed by atoms with Crippen LogP contribution in [-0.2, 0) is 6.42 Å². The Morgan fingerprint density at radius 3 is 2.53 bits per heavy atom. The van der Waals surface area contributed by atoms with Gasteiger partial charge in [-0.05, 0) is 23.4 Å². The summed E-state index contributed by atoms with van der Waals surface area (Å²) in [6.45, 7) is 0. The second-order valence-corrected chi connectivity index (χ2v) is 3.71. The fourth-order valence-corrected chi connectivity index (χ4v) is 1.67. The van der Waals surface area contributed by atoms with Crippen molar-refractivity contribution in [3.63, 3.8) is 0 Å². The number of benzene rings is 1. The zero-order valence-corrected chi connectivity index (χ0v) is 8.91. The van der Waals surface area contributed by atoms with Crippen LogP contribution in [0.1, 0.15) is 11.1 Å². The maximum atomic E-state index is 11.2. The summed E-state index contributed by atoms with van der Waals surface area (Å²) in [7, 11) is 0. The van der Waals surface area contributed by atoms with Crippen LogP contribution in [0.2, 0.25) is 0 Å². The molecule has 0 unspecified atom stereocenters. The van der Waals surface area contributed by atoms with Gasteiger partial charge in [0, 0.05) is 6.42 Å². The van der Waals surface area contributed by atoms with E-state index in [0.29, 0.717) is 11.1 Å². The second-order valence-electron chi connectivity index (χ2n) is 3.33. The van der Waals surface area contributed by atoms with Gasteiger partial charge >= 0.3 is 0 Å². The Labute approximate surface area is 93.4 Å². The monoisotopic (exact) mass is 216 g/mol. The highest BCUT2D eigenvalue weighted by Gasteiger charge is 1.97. The molecular weight excluding hydrogens is 206 g/mol. The quantitative estimate of drug-likeness (QED) is 0.721. The van der Waals surface area contributed by atoms with E-state index in [4.69, 9.17) is 12.2 Å². The first-order valence-corrected chi connectivity index (χ1v) is 5.10. The molecule has 0 saturated carbocycles. The number of aromatic nitrogens is 1. The molecule has 3 heteroatoms. The van der Waals surface area contributed by atoms with Crippen LogP contribution in [-0.4, -0.2) is 4.73 Å². The average Bonchev–Trinajstić information content (AvgIpc) is 2.26. The van der Waals surface area contributed by atoms with Crippen LogP contribution in [0.3, 0.4) is 0 Å². The van der Waals surface area contributed by atoms with Crippen LogP contribution in [0, 0.1) is 9.85 Å². The molecule has 76 valence electrons. The molecule has 0 aliphatic rings. The van der Waals surface area contributed by atoms with Crippen molar-refractivity contribution < 1.29 is 0 Å². The van der Waals surface area contributed by atoms with E-state index in [1.54, 1.807) is 6.07 Å². The van der Waals surface area contributed by atoms with Crippen molar-refractivity contribution in [1.82, 2.24) is 4.73 Å². The second kappa shape index (κ2) is 4.28. The molecule has 0 N–H and O–H groups in total. The van der Waals surface area contributed by atoms with Crippen LogP contribution in [0.25, 0.3) is 0 Å². The van der Waals surface area contributed by atoms with Gasteiger partial charge in [-0.1, -0.05) is 48.6 Å². The molecular formula is C12H10NOS-. The Bertz CT molecular complexity index is 505. The highest BCUT2D eigenvalue weighted by Crippen LogP contribution is 2.10. The van der Waals surface area contributed by atoms with Gasteiger partial charge in [0.05, 0.1) is 0 Å². The number of hydrogen-bond donors (Lipinski definition) is 0. The molecule has 2 aromatic rings. The lowest BCUT2D eigenvalue weighted by Gasteiger charge is -2.12. The third-order valence-electron chi connectivity index (χ3n) is 2.23. The molecule has 1 aromatic heterocycles. The Morgan fingerprint density at radius 2 is 1.80 bits per heavy atom. The number of nitrogens with zero attached hydrogens (tertiary/aromatic N) is 1. The van der Waals surface area contributed by atoms with Crippen molar-refractivity contribution in [3.05, 3.63) is 69.6 Å². The Hall–Kier alpha value is -1.61. The molecule has 2 rings (SSSR count). The van der Waals surface area contributed by atoms with E-state index in [1.807, 2.05) is 36.4 Å². The van der Waals surface area contributed by atoms with E-state index >= 15 is 0 Å². The average molecular weight is 216 g/mol. The molecule has 2 nitrogen and oxygen atoms in total. The fraction of sp³-hybridized carbons (Fsp3) is 0.0833. The van der Waals surface area contributed by atoms with Crippen LogP contribution in [0.4, 0.5) is 0 Å². The lowest BCUT2D eigenvalue weighted by atomic mass is 10.1. The molecule has 0 bridgehead atoms. The van der Waals surface area contributed by atoms with Gasteiger partial charge < -0.3 is 9.94 Å². The molecule has 0 atom stereocenters. The topological polar surface area (TPSA) is 28.0 Å². The van der Waals surface area contributed by atoms with E-state index in [1.165, 1.54) is 6.20 Å². The number of rotatable bonds is 2. The van der Waals surface area contributed by atoms with Crippen molar-refractivity contribution >= 4 is 12.2 Å². The predicted octanol–water partition coefficient (Wildman–Crippen LogP) is 3.15. The summed E-state index contributed by atoms with van der Waals surface area (Å²) in [5.74, 6) is 0. The zero-order chi connectivity index (χ0) is 10.7. The van der Waals surface area contributed by atoms with E-state index in [2.05, 4.69) is 0 Å². The molecule has 0 aliphatic heterocycles. The van der Waals surface area contributed by atoms with Gasteiger partial charge in [-0.25, -0.2) is 0 Å². The van der Waals surface area contributed by atoms with Crippen LogP contribution in [0.15, 0.2) is 48.7 Å². The van der Waals surface area contributed by atoms with Crippen molar-refractivity contribution in [1.29, 1.82) is 0 Å². The van der Waals surface area contributed by atoms with Crippen LogP contribution < -0.4 is 0 Å². The first kappa shape index (κ1) is 9.93. The highest BCUT2D eigenvalue weighted by molar-refractivity contribution is 7.71. The molecule has 0 aliphatic carbocycles. The van der Waals surface area contributed by atoms with Crippen molar-refractivity contribution in [2.75, 3.05) is 0 Å². The Morgan fingerprint density at radius 1 is 1.07 bits per heavy atom. The van der Waals surface area contributed by atoms with Gasteiger partial charge in [0.2, 0.25) is 0 Å². The van der Waals surface area contributed by atoms with E-state index in [-0.39, 0.29) is 0 Å². The lowest BCUT2D eigenvalue weighted by molar-refractivity contribution is 0.996. The lowest BCUT2D eigenvalue weighted by Crippen LogP contribution is -1.96. The summed E-state index contributed by atoms with van der Waals surface area (Å²) >= 11 is 5.04. The maximum Gasteiger partial charge on any atom is 0.104 e. The summed E-state index contributed by atoms with van der Waals surface area (Å²) in [6.07, 6.45) is 2.14. The molecule has 0 spiro atoms. The predicted molar refractivity (Wildman–Crippen MR) is 63.3 cm³/mol. The van der Waals surface area contributed by atoms with Gasteiger partial charge in [-0.3, -0.25) is 0 Å². The first-order chi connectivity index (χ1) is 7.27. The fourth-order valence-electron chi connectivity index (χ4n) is 1.47. The summed E-state index contributed by atoms with van der Waals surface area (Å²) in [6, 6.07) is 13.6. The van der Waals surface area contributed by atoms with E-state index < -0.39 is 0 Å². The zero-order valence-electron chi connectivity index (χ0n) is 8.09. The smallest absolute Gasteiger partial charge is 0.104 e. The van der Waals surface area contributed by atoms with Gasteiger partial charge in [0.1, 0.15) is 4.64 Å². The Balaban J connectivity index is 2.33. The summed E-state index contributed by atoms with van der Waals surface area (Å²) in [4.78, 5) is 0. The largest absolute Gasteiger partial charge is 0.805 e. The molecule has 15 heavy (non-hydrogen) atoms. The van der Waals surface area contributed by atoms with E-state index in [0.717, 1.165) is 15.9 Å². The van der Waals surface area contributed by atoms with Gasteiger partial charge in [-0.2, -0.15) is 0 Å². The first-order valence-electron chi connectivity index (χ1n) is 4.69. The number of hydrogen-bond acceptors (Lipinski definition) is 2. The minimum atomic E-state index is 0.362. The Kier molecular flexibility index (Phi) is 2.83. The SMILES string of the molecule is [O-]n1cccc(Cc2ccccc2)c1=S. The van der Waals surface area contributed by atoms with Gasteiger partial charge in [0.25, 0.3) is 0 Å². The summed E-state index contributed by atoms with van der Waals surface area (Å²) in [5.41, 5.74) is 2.06. The van der Waals surface area contributed by atoms with Crippen molar-refractivity contribution in [2.24, 2.45) is 0 Å². The van der Waals surface area contributed by atoms with Crippen molar-refractivity contribution in [3.8, 4) is 0 Å². The highest BCUT2D eigenvalue weighted by atomic mass is 32.1. The van der Waals surface area contributed by atoms with Gasteiger partial charge in [-0.15, -0.1) is 0 Å².